The van der Waals surface area contributed by atoms with E-state index in [0.717, 1.165) is 19.6 Å². The van der Waals surface area contributed by atoms with Gasteiger partial charge in [0.1, 0.15) is 0 Å². The average Bonchev–Trinajstić information content (AvgIpc) is 2.59. The summed E-state index contributed by atoms with van der Waals surface area (Å²) in [6, 6.07) is 1.20. The molecule has 2 atom stereocenters. The Balaban J connectivity index is 1.99. The molecule has 2 rings (SSSR count). The Labute approximate surface area is 95.5 Å². The number of aryl methyl sites for hydroxylation is 1. The highest BCUT2D eigenvalue weighted by Gasteiger charge is 2.24. The first-order valence-electron chi connectivity index (χ1n) is 5.55. The van der Waals surface area contributed by atoms with Crippen molar-refractivity contribution in [2.45, 2.75) is 39.4 Å². The van der Waals surface area contributed by atoms with Gasteiger partial charge in [0.15, 0.2) is 0 Å². The van der Waals surface area contributed by atoms with E-state index in [1.807, 2.05) is 17.5 Å². The van der Waals surface area contributed by atoms with Crippen LogP contribution < -0.4 is 5.32 Å². The van der Waals surface area contributed by atoms with Crippen molar-refractivity contribution in [1.82, 2.24) is 15.2 Å². The van der Waals surface area contributed by atoms with Gasteiger partial charge in [-0.2, -0.15) is 0 Å². The number of hydrogen-bond acceptors (Lipinski definition) is 4. The third kappa shape index (κ3) is 2.56. The first-order valence-corrected chi connectivity index (χ1v) is 6.37. The smallest absolute Gasteiger partial charge is 0.0897 e. The van der Waals surface area contributed by atoms with Crippen LogP contribution in [0.5, 0.6) is 0 Å². The van der Waals surface area contributed by atoms with Gasteiger partial charge in [0.2, 0.25) is 0 Å². The number of aromatic nitrogens is 1. The zero-order chi connectivity index (χ0) is 10.8. The van der Waals surface area contributed by atoms with Crippen LogP contribution in [-0.2, 0) is 6.54 Å². The normalized spacial score (nSPS) is 28.2. The van der Waals surface area contributed by atoms with E-state index in [0.29, 0.717) is 12.1 Å². The summed E-state index contributed by atoms with van der Waals surface area (Å²) in [6.45, 7) is 9.92. The predicted molar refractivity (Wildman–Crippen MR) is 64.2 cm³/mol. The van der Waals surface area contributed by atoms with E-state index in [1.165, 1.54) is 9.88 Å². The van der Waals surface area contributed by atoms with Gasteiger partial charge in [-0.25, -0.2) is 4.98 Å². The van der Waals surface area contributed by atoms with Crippen LogP contribution in [0.1, 0.15) is 23.7 Å². The molecule has 1 aromatic rings. The van der Waals surface area contributed by atoms with Gasteiger partial charge in [-0.15, -0.1) is 11.3 Å². The molecule has 2 unspecified atom stereocenters. The van der Waals surface area contributed by atoms with Crippen molar-refractivity contribution in [3.63, 3.8) is 0 Å². The van der Waals surface area contributed by atoms with Crippen LogP contribution in [0.15, 0.2) is 6.20 Å². The average molecular weight is 225 g/mol. The highest BCUT2D eigenvalue weighted by molar-refractivity contribution is 7.11. The van der Waals surface area contributed by atoms with Gasteiger partial charge in [-0.3, -0.25) is 4.90 Å². The molecular formula is C11H19N3S. The van der Waals surface area contributed by atoms with E-state index in [2.05, 4.69) is 36.0 Å². The molecule has 1 saturated heterocycles. The Kier molecular flexibility index (Phi) is 3.38. The molecule has 0 amide bonds. The lowest BCUT2D eigenvalue weighted by atomic mass is 10.1. The minimum absolute atomic E-state index is 0.591. The van der Waals surface area contributed by atoms with Gasteiger partial charge in [0.05, 0.1) is 5.01 Å². The molecule has 84 valence electrons. The molecule has 3 nitrogen and oxygen atoms in total. The Bertz CT molecular complexity index is 323. The van der Waals surface area contributed by atoms with Crippen LogP contribution in [0, 0.1) is 6.92 Å². The van der Waals surface area contributed by atoms with Crippen molar-refractivity contribution >= 4 is 11.3 Å². The van der Waals surface area contributed by atoms with Crippen LogP contribution >= 0.6 is 11.3 Å². The number of nitrogens with one attached hydrogen (secondary N) is 1. The zero-order valence-corrected chi connectivity index (χ0v) is 10.5. The van der Waals surface area contributed by atoms with Crippen LogP contribution in [0.3, 0.4) is 0 Å². The van der Waals surface area contributed by atoms with Crippen molar-refractivity contribution < 1.29 is 0 Å². The number of thiazole rings is 1. The largest absolute Gasteiger partial charge is 0.311 e. The summed E-state index contributed by atoms with van der Waals surface area (Å²) in [4.78, 5) is 8.22. The maximum atomic E-state index is 4.30. The molecule has 1 aliphatic rings. The maximum Gasteiger partial charge on any atom is 0.0897 e. The molecule has 15 heavy (non-hydrogen) atoms. The van der Waals surface area contributed by atoms with Gasteiger partial charge < -0.3 is 5.32 Å². The van der Waals surface area contributed by atoms with Crippen molar-refractivity contribution in [2.75, 3.05) is 13.1 Å². The van der Waals surface area contributed by atoms with Crippen molar-refractivity contribution in [3.05, 3.63) is 16.1 Å². The highest BCUT2D eigenvalue weighted by atomic mass is 32.1. The van der Waals surface area contributed by atoms with E-state index in [-0.39, 0.29) is 0 Å². The van der Waals surface area contributed by atoms with E-state index in [4.69, 9.17) is 0 Å². The maximum absolute atomic E-state index is 4.30. The Hall–Kier alpha value is -0.450. The van der Waals surface area contributed by atoms with Crippen LogP contribution in [0.2, 0.25) is 0 Å². The molecule has 0 bridgehead atoms. The number of piperazine rings is 1. The van der Waals surface area contributed by atoms with Gasteiger partial charge >= 0.3 is 0 Å². The molecule has 4 heteroatoms. The minimum atomic E-state index is 0.591. The van der Waals surface area contributed by atoms with Crippen LogP contribution in [0.4, 0.5) is 0 Å². The SMILES string of the molecule is Cc1ncc(CN2CCNC(C)C2C)s1. The number of rotatable bonds is 2. The van der Waals surface area contributed by atoms with E-state index >= 15 is 0 Å². The zero-order valence-electron chi connectivity index (χ0n) is 9.66. The van der Waals surface area contributed by atoms with Crippen LogP contribution in [-0.4, -0.2) is 35.1 Å². The fraction of sp³-hybridized carbons (Fsp3) is 0.727. The molecule has 1 aliphatic heterocycles. The molecule has 0 spiro atoms. The third-order valence-electron chi connectivity index (χ3n) is 3.19. The fourth-order valence-corrected chi connectivity index (χ4v) is 2.85. The van der Waals surface area contributed by atoms with Gasteiger partial charge in [0, 0.05) is 42.8 Å². The summed E-state index contributed by atoms with van der Waals surface area (Å²) in [5.41, 5.74) is 0. The molecule has 0 radical (unpaired) electrons. The first-order chi connectivity index (χ1) is 7.16. The minimum Gasteiger partial charge on any atom is -0.311 e. The standard InChI is InChI=1S/C11H19N3S/c1-8-9(2)14(5-4-12-8)7-11-6-13-10(3)15-11/h6,8-9,12H,4-5,7H2,1-3H3. The summed E-state index contributed by atoms with van der Waals surface area (Å²) in [5, 5.41) is 4.67. The topological polar surface area (TPSA) is 28.2 Å². The quantitative estimate of drug-likeness (QED) is 0.829. The lowest BCUT2D eigenvalue weighted by Crippen LogP contribution is -2.54. The molecule has 1 fully saturated rings. The van der Waals surface area contributed by atoms with Crippen LogP contribution in [0.25, 0.3) is 0 Å². The lowest BCUT2D eigenvalue weighted by molar-refractivity contribution is 0.132. The van der Waals surface area contributed by atoms with Crippen molar-refractivity contribution in [1.29, 1.82) is 0 Å². The van der Waals surface area contributed by atoms with E-state index in [1.54, 1.807) is 0 Å². The monoisotopic (exact) mass is 225 g/mol. The first kappa shape index (κ1) is 11.0. The number of nitrogens with zero attached hydrogens (tertiary/aromatic N) is 2. The summed E-state index contributed by atoms with van der Waals surface area (Å²) in [6.07, 6.45) is 2.01. The molecule has 0 saturated carbocycles. The summed E-state index contributed by atoms with van der Waals surface area (Å²) < 4.78 is 0. The van der Waals surface area contributed by atoms with E-state index in [9.17, 15) is 0 Å². The predicted octanol–water partition coefficient (Wildman–Crippen LogP) is 1.63. The van der Waals surface area contributed by atoms with Crippen molar-refractivity contribution in [3.8, 4) is 0 Å². The van der Waals surface area contributed by atoms with E-state index < -0.39 is 0 Å². The van der Waals surface area contributed by atoms with Crippen molar-refractivity contribution in [2.24, 2.45) is 0 Å². The number of hydrogen-bond donors (Lipinski definition) is 1. The molecule has 2 heterocycles. The Morgan fingerprint density at radius 3 is 3.07 bits per heavy atom. The fourth-order valence-electron chi connectivity index (χ4n) is 2.03. The summed E-state index contributed by atoms with van der Waals surface area (Å²) in [7, 11) is 0. The van der Waals surface area contributed by atoms with Gasteiger partial charge in [-0.05, 0) is 20.8 Å². The Morgan fingerprint density at radius 2 is 2.40 bits per heavy atom. The second kappa shape index (κ2) is 4.60. The molecular weight excluding hydrogens is 206 g/mol. The second-order valence-corrected chi connectivity index (χ2v) is 5.62. The highest BCUT2D eigenvalue weighted by Crippen LogP contribution is 2.17. The molecule has 0 aromatic carbocycles. The lowest BCUT2D eigenvalue weighted by Gasteiger charge is -2.38. The second-order valence-electron chi connectivity index (χ2n) is 4.30. The Morgan fingerprint density at radius 1 is 1.60 bits per heavy atom. The van der Waals surface area contributed by atoms with Gasteiger partial charge in [-0.1, -0.05) is 0 Å². The third-order valence-corrected chi connectivity index (χ3v) is 4.09. The molecule has 0 aliphatic carbocycles. The summed E-state index contributed by atoms with van der Waals surface area (Å²) >= 11 is 1.81. The molecule has 1 N–H and O–H groups in total. The van der Waals surface area contributed by atoms with Gasteiger partial charge in [0.25, 0.3) is 0 Å². The molecule has 1 aromatic heterocycles. The summed E-state index contributed by atoms with van der Waals surface area (Å²) in [5.74, 6) is 0.